The molecule has 0 radical (unpaired) electrons. The standard InChI is InChI=1S/C34H29Cl2F7N4O3/c35-24-5-10-28(29(36)17-24)32(20-45-12-11-44-21-45)49-19-27(50-32)18-48-26-8-6-25(7-9-26)46-13-15-47(16-14-46)31(37)30(34(41,42)43)22-1-3-23(4-2-22)33(38,39)40/h1-12,17,21,27H,13-16,18-20H2/b31-30+. The largest absolute Gasteiger partial charge is 0.491 e. The van der Waals surface area contributed by atoms with E-state index in [1.807, 2.05) is 9.47 Å². The number of nitrogens with zero attached hydrogens (tertiary/aromatic N) is 4. The molecule has 0 aliphatic carbocycles. The lowest BCUT2D eigenvalue weighted by Crippen LogP contribution is -2.45. The van der Waals surface area contributed by atoms with Crippen LogP contribution in [-0.2, 0) is 28.0 Å². The molecule has 2 unspecified atom stereocenters. The molecule has 4 aromatic rings. The number of hydrogen-bond acceptors (Lipinski definition) is 6. The van der Waals surface area contributed by atoms with Crippen LogP contribution in [0.2, 0.25) is 10.0 Å². The quantitative estimate of drug-likeness (QED) is 0.127. The van der Waals surface area contributed by atoms with E-state index < -0.39 is 46.9 Å². The number of alkyl halides is 6. The van der Waals surface area contributed by atoms with Gasteiger partial charge >= 0.3 is 12.4 Å². The molecule has 0 saturated carbocycles. The Hall–Kier alpha value is -3.98. The molecular weight excluding hydrogens is 716 g/mol. The Kier molecular flexibility index (Phi) is 10.3. The van der Waals surface area contributed by atoms with E-state index in [0.717, 1.165) is 10.6 Å². The molecule has 7 nitrogen and oxygen atoms in total. The zero-order valence-electron chi connectivity index (χ0n) is 26.0. The topological polar surface area (TPSA) is 52.0 Å². The van der Waals surface area contributed by atoms with Crippen molar-refractivity contribution in [1.29, 1.82) is 0 Å². The van der Waals surface area contributed by atoms with Crippen LogP contribution in [0.25, 0.3) is 5.57 Å². The fraction of sp³-hybridized carbons (Fsp3) is 0.324. The molecule has 50 heavy (non-hydrogen) atoms. The maximum atomic E-state index is 15.3. The number of rotatable bonds is 9. The van der Waals surface area contributed by atoms with Gasteiger partial charge in [0, 0.05) is 54.8 Å². The van der Waals surface area contributed by atoms with E-state index in [1.165, 1.54) is 0 Å². The molecule has 6 rings (SSSR count). The summed E-state index contributed by atoms with van der Waals surface area (Å²) < 4.78 is 116. The second-order valence-corrected chi connectivity index (χ2v) is 12.5. The molecular formula is C34H29Cl2F7N4O3. The highest BCUT2D eigenvalue weighted by Gasteiger charge is 2.45. The highest BCUT2D eigenvalue weighted by Crippen LogP contribution is 2.42. The van der Waals surface area contributed by atoms with Crippen LogP contribution in [0.4, 0.5) is 36.4 Å². The summed E-state index contributed by atoms with van der Waals surface area (Å²) in [4.78, 5) is 6.92. The minimum absolute atomic E-state index is 0.0816. The van der Waals surface area contributed by atoms with E-state index in [4.69, 9.17) is 37.4 Å². The predicted octanol–water partition coefficient (Wildman–Crippen LogP) is 8.58. The zero-order chi connectivity index (χ0) is 35.7. The van der Waals surface area contributed by atoms with Crippen LogP contribution in [0, 0.1) is 0 Å². The SMILES string of the molecule is F/C(=C(/c1ccc(C(F)(F)F)cc1)C(F)(F)F)N1CCN(c2ccc(OCC3COC(Cn4ccnc4)(c4ccc(Cl)cc4Cl)O3)cc2)CC1. The second kappa shape index (κ2) is 14.3. The first kappa shape index (κ1) is 35.8. The summed E-state index contributed by atoms with van der Waals surface area (Å²) in [5.41, 5.74) is -2.08. The fourth-order valence-electron chi connectivity index (χ4n) is 5.86. The molecule has 2 aliphatic rings. The molecule has 0 N–H and O–H groups in total. The highest BCUT2D eigenvalue weighted by atomic mass is 35.5. The van der Waals surface area contributed by atoms with Gasteiger partial charge in [0.05, 0.1) is 30.1 Å². The number of halogens is 9. The summed E-state index contributed by atoms with van der Waals surface area (Å²) in [6, 6.07) is 14.4. The third kappa shape index (κ3) is 7.98. The Morgan fingerprint density at radius 3 is 2.22 bits per heavy atom. The van der Waals surface area contributed by atoms with Crippen LogP contribution in [0.1, 0.15) is 16.7 Å². The predicted molar refractivity (Wildman–Crippen MR) is 172 cm³/mol. The van der Waals surface area contributed by atoms with Crippen molar-refractivity contribution < 1.29 is 44.9 Å². The Morgan fingerprint density at radius 2 is 1.62 bits per heavy atom. The molecule has 2 aliphatic heterocycles. The maximum absolute atomic E-state index is 15.3. The first-order valence-corrected chi connectivity index (χ1v) is 16.1. The molecule has 16 heteroatoms. The number of imidazole rings is 1. The molecule has 0 bridgehead atoms. The molecule has 2 saturated heterocycles. The maximum Gasteiger partial charge on any atom is 0.421 e. The van der Waals surface area contributed by atoms with Crippen molar-refractivity contribution in [3.8, 4) is 5.75 Å². The third-order valence-corrected chi connectivity index (χ3v) is 8.88. The molecule has 3 heterocycles. The number of allylic oxidation sites excluding steroid dienone is 1. The van der Waals surface area contributed by atoms with Crippen LogP contribution in [0.5, 0.6) is 5.75 Å². The summed E-state index contributed by atoms with van der Waals surface area (Å²) in [6.45, 7) is 0.885. The molecule has 2 atom stereocenters. The van der Waals surface area contributed by atoms with Gasteiger partial charge in [-0.15, -0.1) is 0 Å². The molecule has 1 aromatic heterocycles. The summed E-state index contributed by atoms with van der Waals surface area (Å²) in [7, 11) is 0. The van der Waals surface area contributed by atoms with E-state index in [0.29, 0.717) is 45.6 Å². The van der Waals surface area contributed by atoms with Gasteiger partial charge in [-0.3, -0.25) is 0 Å². The summed E-state index contributed by atoms with van der Waals surface area (Å²) in [5.74, 6) is -2.21. The van der Waals surface area contributed by atoms with Crippen molar-refractivity contribution in [1.82, 2.24) is 14.5 Å². The average Bonchev–Trinajstić information content (AvgIpc) is 3.74. The van der Waals surface area contributed by atoms with Gasteiger partial charge in [-0.05, 0) is 54.1 Å². The van der Waals surface area contributed by atoms with Crippen molar-refractivity contribution in [3.63, 3.8) is 0 Å². The highest BCUT2D eigenvalue weighted by molar-refractivity contribution is 6.35. The molecule has 0 amide bonds. The van der Waals surface area contributed by atoms with Crippen molar-refractivity contribution in [3.05, 3.63) is 118 Å². The first-order valence-electron chi connectivity index (χ1n) is 15.3. The van der Waals surface area contributed by atoms with E-state index in [2.05, 4.69) is 4.98 Å². The Morgan fingerprint density at radius 1 is 0.920 bits per heavy atom. The van der Waals surface area contributed by atoms with Gasteiger partial charge in [0.1, 0.15) is 24.0 Å². The Balaban J connectivity index is 1.07. The van der Waals surface area contributed by atoms with E-state index in [9.17, 15) is 26.3 Å². The van der Waals surface area contributed by atoms with Gasteiger partial charge in [-0.2, -0.15) is 30.7 Å². The van der Waals surface area contributed by atoms with Crippen LogP contribution >= 0.6 is 23.2 Å². The lowest BCUT2D eigenvalue weighted by atomic mass is 10.0. The van der Waals surface area contributed by atoms with Crippen molar-refractivity contribution in [2.24, 2.45) is 0 Å². The summed E-state index contributed by atoms with van der Waals surface area (Å²) >= 11 is 12.6. The molecule has 2 fully saturated rings. The molecule has 0 spiro atoms. The first-order chi connectivity index (χ1) is 23.7. The number of ether oxygens (including phenoxy) is 3. The van der Waals surface area contributed by atoms with Gasteiger partial charge in [0.2, 0.25) is 11.7 Å². The van der Waals surface area contributed by atoms with Gasteiger partial charge in [0.15, 0.2) is 0 Å². The minimum Gasteiger partial charge on any atom is -0.491 e. The second-order valence-electron chi connectivity index (χ2n) is 11.7. The Labute approximate surface area is 292 Å². The van der Waals surface area contributed by atoms with E-state index in [-0.39, 0.29) is 45.9 Å². The normalized spacial score (nSPS) is 20.6. The van der Waals surface area contributed by atoms with Gasteiger partial charge in [-0.1, -0.05) is 41.4 Å². The lowest BCUT2D eigenvalue weighted by molar-refractivity contribution is -0.189. The van der Waals surface area contributed by atoms with Gasteiger partial charge < -0.3 is 28.6 Å². The lowest BCUT2D eigenvalue weighted by Gasteiger charge is -2.37. The third-order valence-electron chi connectivity index (χ3n) is 8.34. The van der Waals surface area contributed by atoms with Crippen molar-refractivity contribution in [2.75, 3.05) is 44.3 Å². The zero-order valence-corrected chi connectivity index (χ0v) is 27.5. The number of benzene rings is 3. The van der Waals surface area contributed by atoms with Crippen molar-refractivity contribution in [2.45, 2.75) is 30.8 Å². The van der Waals surface area contributed by atoms with Gasteiger partial charge in [-0.25, -0.2) is 4.98 Å². The van der Waals surface area contributed by atoms with Crippen LogP contribution in [0.3, 0.4) is 0 Å². The van der Waals surface area contributed by atoms with Crippen LogP contribution in [0.15, 0.2) is 91.4 Å². The summed E-state index contributed by atoms with van der Waals surface area (Å²) in [6.07, 6.45) is -5.26. The molecule has 3 aromatic carbocycles. The van der Waals surface area contributed by atoms with E-state index in [1.54, 1.807) is 61.2 Å². The number of piperazine rings is 1. The monoisotopic (exact) mass is 744 g/mol. The number of aromatic nitrogens is 2. The average molecular weight is 746 g/mol. The smallest absolute Gasteiger partial charge is 0.421 e. The fourth-order valence-corrected chi connectivity index (χ4v) is 6.41. The summed E-state index contributed by atoms with van der Waals surface area (Å²) in [5, 5.41) is 0.852. The minimum atomic E-state index is -5.13. The van der Waals surface area contributed by atoms with E-state index >= 15 is 4.39 Å². The van der Waals surface area contributed by atoms with Crippen LogP contribution < -0.4 is 9.64 Å². The Bertz CT molecular complexity index is 1800. The van der Waals surface area contributed by atoms with Gasteiger partial charge in [0.25, 0.3) is 0 Å². The number of anilines is 1. The van der Waals surface area contributed by atoms with Crippen LogP contribution in [-0.4, -0.2) is 66.1 Å². The number of hydrogen-bond donors (Lipinski definition) is 0. The molecule has 266 valence electrons. The van der Waals surface area contributed by atoms with Crippen molar-refractivity contribution >= 4 is 34.5 Å².